The highest BCUT2D eigenvalue weighted by Crippen LogP contribution is 2.36. The number of rotatable bonds is 3. The van der Waals surface area contributed by atoms with Crippen molar-refractivity contribution in [2.45, 2.75) is 25.5 Å². The predicted molar refractivity (Wildman–Crippen MR) is 121 cm³/mol. The zero-order valence-corrected chi connectivity index (χ0v) is 18.6. The van der Waals surface area contributed by atoms with E-state index in [4.69, 9.17) is 0 Å². The summed E-state index contributed by atoms with van der Waals surface area (Å²) < 4.78 is 6.63. The van der Waals surface area contributed by atoms with Crippen LogP contribution in [0.1, 0.15) is 24.1 Å². The van der Waals surface area contributed by atoms with Gasteiger partial charge in [0.1, 0.15) is 0 Å². The molecule has 1 N–H and O–H groups in total. The topological polar surface area (TPSA) is 53.4 Å². The summed E-state index contributed by atoms with van der Waals surface area (Å²) in [5.41, 5.74) is 1.96. The van der Waals surface area contributed by atoms with Gasteiger partial charge in [-0.3, -0.25) is 9.48 Å². The minimum Gasteiger partial charge on any atom is -0.346 e. The van der Waals surface area contributed by atoms with Crippen LogP contribution in [0, 0.1) is 6.92 Å². The Bertz CT molecular complexity index is 1210. The van der Waals surface area contributed by atoms with E-state index >= 15 is 0 Å². The van der Waals surface area contributed by atoms with Gasteiger partial charge in [-0.15, -0.1) is 0 Å². The number of para-hydroxylation sites is 1. The number of benzene rings is 2. The van der Waals surface area contributed by atoms with E-state index in [9.17, 15) is 9.90 Å². The van der Waals surface area contributed by atoms with E-state index in [1.54, 1.807) is 4.68 Å². The van der Waals surface area contributed by atoms with Gasteiger partial charge in [-0.25, -0.2) is 14.2 Å². The Morgan fingerprint density at radius 3 is 2.50 bits per heavy atom. The highest BCUT2D eigenvalue weighted by molar-refractivity contribution is 9.10. The van der Waals surface area contributed by atoms with Crippen LogP contribution in [0.15, 0.2) is 63.9 Å². The third kappa shape index (κ3) is 2.72. The molecule has 5 rings (SSSR count). The van der Waals surface area contributed by atoms with E-state index in [0.717, 1.165) is 46.6 Å². The predicted octanol–water partition coefficient (Wildman–Crippen LogP) is 3.12. The number of hydrogen-bond donors (Lipinski definition) is 1. The SMILES string of the molecule is Cc1c(N2C[C@@](O)(c3ccc(Br)cc3)[N+]3=C2CCC3)c(=O)n(-c2ccccc2)n1C. The number of β-amino-alcohol motifs (C(OH)–C–C–N with tert-alkyl or cyclic N) is 1. The normalized spacial score (nSPS) is 20.9. The lowest BCUT2D eigenvalue weighted by atomic mass is 10.0. The van der Waals surface area contributed by atoms with Gasteiger partial charge in [-0.1, -0.05) is 46.3 Å². The van der Waals surface area contributed by atoms with E-state index in [-0.39, 0.29) is 5.56 Å². The molecule has 30 heavy (non-hydrogen) atoms. The molecule has 0 unspecified atom stereocenters. The molecule has 3 heterocycles. The molecule has 7 heteroatoms. The first kappa shape index (κ1) is 19.3. The van der Waals surface area contributed by atoms with Crippen LogP contribution < -0.4 is 10.5 Å². The zero-order valence-electron chi connectivity index (χ0n) is 17.0. The highest BCUT2D eigenvalue weighted by Gasteiger charge is 2.55. The van der Waals surface area contributed by atoms with Crippen molar-refractivity contribution < 1.29 is 9.68 Å². The van der Waals surface area contributed by atoms with Gasteiger partial charge in [-0.2, -0.15) is 0 Å². The summed E-state index contributed by atoms with van der Waals surface area (Å²) in [5, 5.41) is 11.8. The fourth-order valence-electron chi connectivity index (χ4n) is 4.77. The monoisotopic (exact) mass is 467 g/mol. The summed E-state index contributed by atoms with van der Waals surface area (Å²) in [6.07, 6.45) is 1.81. The molecule has 0 bridgehead atoms. The second-order valence-corrected chi connectivity index (χ2v) is 8.91. The summed E-state index contributed by atoms with van der Waals surface area (Å²) in [4.78, 5) is 15.6. The molecule has 1 aromatic heterocycles. The largest absolute Gasteiger partial charge is 0.346 e. The molecule has 2 aliphatic rings. The van der Waals surface area contributed by atoms with Crippen molar-refractivity contribution in [3.8, 4) is 5.69 Å². The minimum absolute atomic E-state index is 0.0689. The maximum absolute atomic E-state index is 13.6. The first-order valence-corrected chi connectivity index (χ1v) is 10.9. The molecule has 1 atom stereocenters. The Morgan fingerprint density at radius 1 is 1.10 bits per heavy atom. The molecule has 0 fully saturated rings. The molecule has 2 aromatic carbocycles. The average Bonchev–Trinajstić information content (AvgIpc) is 3.39. The Hall–Kier alpha value is -2.64. The van der Waals surface area contributed by atoms with Gasteiger partial charge in [0.2, 0.25) is 5.69 Å². The lowest BCUT2D eigenvalue weighted by Crippen LogP contribution is -2.41. The first-order chi connectivity index (χ1) is 14.4. The van der Waals surface area contributed by atoms with Crippen molar-refractivity contribution in [3.05, 3.63) is 80.7 Å². The number of halogens is 1. The Morgan fingerprint density at radius 2 is 1.80 bits per heavy atom. The molecule has 6 nitrogen and oxygen atoms in total. The van der Waals surface area contributed by atoms with Gasteiger partial charge < -0.3 is 5.11 Å². The molecule has 3 aromatic rings. The summed E-state index contributed by atoms with van der Waals surface area (Å²) in [6.45, 7) is 3.07. The summed E-state index contributed by atoms with van der Waals surface area (Å²) in [5.74, 6) is 1.02. The van der Waals surface area contributed by atoms with E-state index in [1.807, 2.05) is 78.2 Å². The number of anilines is 1. The fourth-order valence-corrected chi connectivity index (χ4v) is 5.04. The number of aromatic nitrogens is 2. The van der Waals surface area contributed by atoms with Gasteiger partial charge in [0, 0.05) is 17.1 Å². The molecular formula is C23H24BrN4O2+. The maximum Gasteiger partial charge on any atom is 0.318 e. The maximum atomic E-state index is 13.6. The van der Waals surface area contributed by atoms with Crippen LogP contribution in [0.5, 0.6) is 0 Å². The Kier molecular flexibility index (Phi) is 4.48. The van der Waals surface area contributed by atoms with E-state index < -0.39 is 5.72 Å². The van der Waals surface area contributed by atoms with Crippen LogP contribution in [-0.2, 0) is 12.8 Å². The first-order valence-electron chi connectivity index (χ1n) is 10.2. The highest BCUT2D eigenvalue weighted by atomic mass is 79.9. The standard InChI is InChI=1S/C23H24BrN4O2/c1-16-21(22(29)28(25(16)2)19-7-4-3-5-8-19)26-15-23(30,27-14-6-9-20(26)27)17-10-12-18(24)13-11-17/h3-5,7-8,10-13,30H,6,9,14-15H2,1-2H3/q+1/t23-/m1/s1. The van der Waals surface area contributed by atoms with Gasteiger partial charge in [0.25, 0.3) is 11.6 Å². The second-order valence-electron chi connectivity index (χ2n) is 7.99. The van der Waals surface area contributed by atoms with Crippen LogP contribution in [0.2, 0.25) is 0 Å². The molecule has 0 radical (unpaired) electrons. The van der Waals surface area contributed by atoms with Crippen LogP contribution in [-0.4, -0.2) is 38.0 Å². The van der Waals surface area contributed by atoms with E-state index in [0.29, 0.717) is 12.2 Å². The Labute approximate surface area is 183 Å². The molecule has 0 aliphatic carbocycles. The number of aliphatic hydroxyl groups is 1. The van der Waals surface area contributed by atoms with Crippen molar-refractivity contribution >= 4 is 27.5 Å². The van der Waals surface area contributed by atoms with Crippen LogP contribution in [0.25, 0.3) is 5.69 Å². The number of amidine groups is 1. The third-order valence-corrected chi connectivity index (χ3v) is 6.86. The smallest absolute Gasteiger partial charge is 0.318 e. The van der Waals surface area contributed by atoms with Crippen molar-refractivity contribution in [2.75, 3.05) is 18.0 Å². The fraction of sp³-hybridized carbons (Fsp3) is 0.304. The molecule has 0 amide bonds. The van der Waals surface area contributed by atoms with Gasteiger partial charge >= 0.3 is 5.56 Å². The average molecular weight is 468 g/mol. The van der Waals surface area contributed by atoms with Crippen molar-refractivity contribution in [1.29, 1.82) is 0 Å². The quantitative estimate of drug-likeness (QED) is 0.602. The molecule has 154 valence electrons. The molecule has 2 aliphatic heterocycles. The van der Waals surface area contributed by atoms with Gasteiger partial charge in [0.05, 0.1) is 24.3 Å². The van der Waals surface area contributed by atoms with Crippen molar-refractivity contribution in [2.24, 2.45) is 7.05 Å². The minimum atomic E-state index is -1.15. The summed E-state index contributed by atoms with van der Waals surface area (Å²) in [6, 6.07) is 17.5. The van der Waals surface area contributed by atoms with E-state index in [1.165, 1.54) is 0 Å². The lowest BCUT2D eigenvalue weighted by molar-refractivity contribution is -0.652. The van der Waals surface area contributed by atoms with Gasteiger partial charge in [0.15, 0.2) is 6.54 Å². The summed E-state index contributed by atoms with van der Waals surface area (Å²) in [7, 11) is 1.90. The summed E-state index contributed by atoms with van der Waals surface area (Å²) >= 11 is 3.47. The lowest BCUT2D eigenvalue weighted by Gasteiger charge is -2.23. The van der Waals surface area contributed by atoms with Crippen molar-refractivity contribution in [3.63, 3.8) is 0 Å². The molecule has 0 saturated carbocycles. The van der Waals surface area contributed by atoms with Crippen LogP contribution >= 0.6 is 15.9 Å². The van der Waals surface area contributed by atoms with Crippen LogP contribution in [0.3, 0.4) is 0 Å². The number of hydrogen-bond acceptors (Lipinski definition) is 3. The Balaban J connectivity index is 1.64. The molecular weight excluding hydrogens is 444 g/mol. The van der Waals surface area contributed by atoms with Gasteiger partial charge in [-0.05, 0) is 37.6 Å². The second kappa shape index (κ2) is 6.96. The zero-order chi connectivity index (χ0) is 21.0. The van der Waals surface area contributed by atoms with Crippen molar-refractivity contribution in [1.82, 2.24) is 9.36 Å². The number of nitrogens with zero attached hydrogens (tertiary/aromatic N) is 4. The molecule has 0 saturated heterocycles. The van der Waals surface area contributed by atoms with Crippen LogP contribution in [0.4, 0.5) is 5.69 Å². The third-order valence-electron chi connectivity index (χ3n) is 6.33. The molecule has 0 spiro atoms. The van der Waals surface area contributed by atoms with E-state index in [2.05, 4.69) is 20.5 Å².